The summed E-state index contributed by atoms with van der Waals surface area (Å²) in [5.74, 6) is 0.0300. The molecule has 0 atom stereocenters. The minimum atomic E-state index is -0.395. The largest absolute Gasteiger partial charge is 0.495 e. The van der Waals surface area contributed by atoms with E-state index in [1.165, 1.54) is 7.11 Å². The molecule has 0 aliphatic heterocycles. The highest BCUT2D eigenvalue weighted by Crippen LogP contribution is 2.31. The molecule has 0 aliphatic rings. The molecule has 0 fully saturated rings. The monoisotopic (exact) mass is 424 g/mol. The van der Waals surface area contributed by atoms with Crippen LogP contribution in [0.25, 0.3) is 0 Å². The van der Waals surface area contributed by atoms with E-state index < -0.39 is 5.91 Å². The summed E-state index contributed by atoms with van der Waals surface area (Å²) < 4.78 is 10.9. The Morgan fingerprint density at radius 3 is 2.37 bits per heavy atom. The van der Waals surface area contributed by atoms with Gasteiger partial charge >= 0.3 is 0 Å². The number of amides is 2. The van der Waals surface area contributed by atoms with Gasteiger partial charge in [0.2, 0.25) is 0 Å². The van der Waals surface area contributed by atoms with Gasteiger partial charge in [-0.3, -0.25) is 9.59 Å². The van der Waals surface area contributed by atoms with Crippen LogP contribution in [0.1, 0.15) is 15.9 Å². The molecule has 154 valence electrons. The summed E-state index contributed by atoms with van der Waals surface area (Å²) in [4.78, 5) is 25.0. The number of aryl methyl sites for hydroxylation is 1. The van der Waals surface area contributed by atoms with Crippen LogP contribution in [0, 0.1) is 6.92 Å². The highest BCUT2D eigenvalue weighted by Gasteiger charge is 2.15. The second kappa shape index (κ2) is 9.80. The topological polar surface area (TPSA) is 76.7 Å². The van der Waals surface area contributed by atoms with Gasteiger partial charge in [0.25, 0.3) is 11.8 Å². The van der Waals surface area contributed by atoms with E-state index in [0.29, 0.717) is 33.5 Å². The number of benzene rings is 3. The number of carbonyl (C=O) groups is 2. The summed E-state index contributed by atoms with van der Waals surface area (Å²) in [5.41, 5.74) is 2.29. The predicted octanol–water partition coefficient (Wildman–Crippen LogP) is 4.93. The number of nitrogens with one attached hydrogen (secondary N) is 2. The summed E-state index contributed by atoms with van der Waals surface area (Å²) in [6.45, 7) is 1.55. The average Bonchev–Trinajstić information content (AvgIpc) is 2.75. The van der Waals surface area contributed by atoms with Gasteiger partial charge in [-0.1, -0.05) is 41.9 Å². The van der Waals surface area contributed by atoms with Crippen LogP contribution < -0.4 is 20.1 Å². The number of hydrogen-bond donors (Lipinski definition) is 2. The van der Waals surface area contributed by atoms with Crippen LogP contribution in [0.4, 0.5) is 11.4 Å². The van der Waals surface area contributed by atoms with Crippen molar-refractivity contribution in [2.24, 2.45) is 0 Å². The molecular formula is C23H21ClN2O4. The number of rotatable bonds is 7. The van der Waals surface area contributed by atoms with Crippen molar-refractivity contribution in [1.29, 1.82) is 0 Å². The second-order valence-corrected chi connectivity index (χ2v) is 6.86. The minimum absolute atomic E-state index is 0.277. The molecule has 2 N–H and O–H groups in total. The Hall–Kier alpha value is -3.51. The van der Waals surface area contributed by atoms with Gasteiger partial charge in [-0.2, -0.15) is 0 Å². The van der Waals surface area contributed by atoms with Crippen LogP contribution >= 0.6 is 11.6 Å². The Balaban J connectivity index is 1.67. The maximum atomic E-state index is 12.6. The lowest BCUT2D eigenvalue weighted by molar-refractivity contribution is -0.118. The normalized spacial score (nSPS) is 10.2. The van der Waals surface area contributed by atoms with Gasteiger partial charge in [0, 0.05) is 16.8 Å². The zero-order valence-corrected chi connectivity index (χ0v) is 17.3. The lowest BCUT2D eigenvalue weighted by atomic mass is 10.2. The first-order valence-electron chi connectivity index (χ1n) is 9.20. The first kappa shape index (κ1) is 21.2. The van der Waals surface area contributed by atoms with Crippen molar-refractivity contribution in [2.45, 2.75) is 6.92 Å². The molecule has 7 heteroatoms. The van der Waals surface area contributed by atoms with Crippen molar-refractivity contribution >= 4 is 34.8 Å². The number of carbonyl (C=O) groups excluding carboxylic acids is 2. The fraction of sp³-hybridized carbons (Fsp3) is 0.130. The van der Waals surface area contributed by atoms with E-state index in [1.807, 2.05) is 25.1 Å². The number of para-hydroxylation sites is 2. The fourth-order valence-electron chi connectivity index (χ4n) is 2.76. The highest BCUT2D eigenvalue weighted by molar-refractivity contribution is 6.31. The Morgan fingerprint density at radius 1 is 0.933 bits per heavy atom. The maximum Gasteiger partial charge on any atom is 0.262 e. The molecule has 3 aromatic carbocycles. The summed E-state index contributed by atoms with van der Waals surface area (Å²) in [5, 5.41) is 6.09. The van der Waals surface area contributed by atoms with E-state index >= 15 is 0 Å². The van der Waals surface area contributed by atoms with E-state index in [1.54, 1.807) is 48.5 Å². The third kappa shape index (κ3) is 5.30. The summed E-state index contributed by atoms with van der Waals surface area (Å²) >= 11 is 6.09. The van der Waals surface area contributed by atoms with Gasteiger partial charge in [0.05, 0.1) is 18.4 Å². The van der Waals surface area contributed by atoms with Crippen molar-refractivity contribution < 1.29 is 19.1 Å². The van der Waals surface area contributed by atoms with Crippen molar-refractivity contribution in [2.75, 3.05) is 24.4 Å². The lowest BCUT2D eigenvalue weighted by Gasteiger charge is -2.14. The van der Waals surface area contributed by atoms with Crippen LogP contribution in [-0.4, -0.2) is 25.5 Å². The Bertz CT molecular complexity index is 1050. The van der Waals surface area contributed by atoms with Crippen LogP contribution in [0.5, 0.6) is 11.5 Å². The Labute approximate surface area is 179 Å². The molecule has 0 radical (unpaired) electrons. The zero-order valence-electron chi connectivity index (χ0n) is 16.6. The third-order valence-electron chi connectivity index (χ3n) is 4.28. The van der Waals surface area contributed by atoms with E-state index in [4.69, 9.17) is 21.1 Å². The SMILES string of the molecule is COc1cc(Cl)c(C)cc1NC(=O)COc1ccccc1C(=O)Nc1ccccc1. The molecule has 0 heterocycles. The Morgan fingerprint density at radius 2 is 1.63 bits per heavy atom. The van der Waals surface area contributed by atoms with Crippen LogP contribution in [-0.2, 0) is 4.79 Å². The van der Waals surface area contributed by atoms with E-state index in [9.17, 15) is 9.59 Å². The van der Waals surface area contributed by atoms with Gasteiger partial charge in [-0.15, -0.1) is 0 Å². The van der Waals surface area contributed by atoms with Crippen LogP contribution in [0.2, 0.25) is 5.02 Å². The van der Waals surface area contributed by atoms with Crippen molar-refractivity contribution in [3.8, 4) is 11.5 Å². The van der Waals surface area contributed by atoms with E-state index in [0.717, 1.165) is 5.56 Å². The Kier molecular flexibility index (Phi) is 6.93. The van der Waals surface area contributed by atoms with Gasteiger partial charge in [0.15, 0.2) is 6.61 Å². The molecule has 30 heavy (non-hydrogen) atoms. The van der Waals surface area contributed by atoms with Crippen molar-refractivity contribution in [3.05, 3.63) is 82.9 Å². The average molecular weight is 425 g/mol. The molecule has 0 unspecified atom stereocenters. The first-order chi connectivity index (χ1) is 14.5. The van der Waals surface area contributed by atoms with Gasteiger partial charge < -0.3 is 20.1 Å². The smallest absolute Gasteiger partial charge is 0.262 e. The zero-order chi connectivity index (χ0) is 21.5. The molecule has 0 aliphatic carbocycles. The van der Waals surface area contributed by atoms with Gasteiger partial charge in [-0.25, -0.2) is 0 Å². The number of hydrogen-bond acceptors (Lipinski definition) is 4. The third-order valence-corrected chi connectivity index (χ3v) is 4.68. The molecule has 0 bridgehead atoms. The van der Waals surface area contributed by atoms with Crippen molar-refractivity contribution in [3.63, 3.8) is 0 Å². The summed E-state index contributed by atoms with van der Waals surface area (Å²) in [6, 6.07) is 19.2. The fourth-order valence-corrected chi connectivity index (χ4v) is 2.91. The second-order valence-electron chi connectivity index (χ2n) is 6.45. The van der Waals surface area contributed by atoms with Gasteiger partial charge in [0.1, 0.15) is 11.5 Å². The summed E-state index contributed by atoms with van der Waals surface area (Å²) in [7, 11) is 1.49. The number of halogens is 1. The molecule has 6 nitrogen and oxygen atoms in total. The molecule has 0 spiro atoms. The first-order valence-corrected chi connectivity index (χ1v) is 9.58. The van der Waals surface area contributed by atoms with E-state index in [2.05, 4.69) is 10.6 Å². The number of ether oxygens (including phenoxy) is 2. The molecule has 2 amide bonds. The standard InChI is InChI=1S/C23H21ClN2O4/c1-15-12-19(21(29-2)13-18(15)24)26-22(27)14-30-20-11-7-6-10-17(20)23(28)25-16-8-4-3-5-9-16/h3-13H,14H2,1-2H3,(H,25,28)(H,26,27). The molecule has 0 aromatic heterocycles. The molecule has 3 aromatic rings. The molecular weight excluding hydrogens is 404 g/mol. The summed E-state index contributed by atoms with van der Waals surface area (Å²) in [6.07, 6.45) is 0. The van der Waals surface area contributed by atoms with Crippen LogP contribution in [0.15, 0.2) is 66.7 Å². The quantitative estimate of drug-likeness (QED) is 0.564. The molecule has 0 saturated heterocycles. The minimum Gasteiger partial charge on any atom is -0.495 e. The van der Waals surface area contributed by atoms with E-state index in [-0.39, 0.29) is 12.5 Å². The molecule has 0 saturated carbocycles. The molecule has 3 rings (SSSR count). The van der Waals surface area contributed by atoms with Crippen LogP contribution in [0.3, 0.4) is 0 Å². The number of anilines is 2. The highest BCUT2D eigenvalue weighted by atomic mass is 35.5. The maximum absolute atomic E-state index is 12.6. The van der Waals surface area contributed by atoms with Gasteiger partial charge in [-0.05, 0) is 42.8 Å². The predicted molar refractivity (Wildman–Crippen MR) is 118 cm³/mol. The van der Waals surface area contributed by atoms with Crippen molar-refractivity contribution in [1.82, 2.24) is 0 Å². The number of methoxy groups -OCH3 is 1. The lowest BCUT2D eigenvalue weighted by Crippen LogP contribution is -2.22.